The fourth-order valence-electron chi connectivity index (χ4n) is 2.81. The summed E-state index contributed by atoms with van der Waals surface area (Å²) in [4.78, 5) is 17.8. The van der Waals surface area contributed by atoms with E-state index in [2.05, 4.69) is 44.8 Å². The van der Waals surface area contributed by atoms with Gasteiger partial charge in [0.2, 0.25) is 5.95 Å². The molecule has 1 aliphatic rings. The highest BCUT2D eigenvalue weighted by atomic mass is 15.3. The lowest BCUT2D eigenvalue weighted by molar-refractivity contribution is 0.252. The average molecular weight is 297 g/mol. The molecule has 5 heteroatoms. The van der Waals surface area contributed by atoms with Crippen LogP contribution in [0.2, 0.25) is 0 Å². The topological polar surface area (TPSA) is 45.2 Å². The molecular formula is C17H23N5. The molecule has 0 unspecified atom stereocenters. The number of hydrogen-bond donors (Lipinski definition) is 0. The highest BCUT2D eigenvalue weighted by molar-refractivity contribution is 5.31. The maximum Gasteiger partial charge on any atom is 0.225 e. The predicted molar refractivity (Wildman–Crippen MR) is 87.6 cm³/mol. The molecular weight excluding hydrogens is 274 g/mol. The van der Waals surface area contributed by atoms with E-state index in [9.17, 15) is 0 Å². The molecule has 0 aromatic carbocycles. The lowest BCUT2D eigenvalue weighted by Crippen LogP contribution is -2.23. The first-order valence-corrected chi connectivity index (χ1v) is 7.90. The Labute approximate surface area is 132 Å². The zero-order chi connectivity index (χ0) is 15.4. The van der Waals surface area contributed by atoms with Crippen molar-refractivity contribution in [3.63, 3.8) is 0 Å². The number of anilines is 1. The van der Waals surface area contributed by atoms with Crippen LogP contribution in [-0.2, 0) is 6.54 Å². The summed E-state index contributed by atoms with van der Waals surface area (Å²) in [7, 11) is 2.12. The molecule has 1 atom stereocenters. The summed E-state index contributed by atoms with van der Waals surface area (Å²) in [6.45, 7) is 5.18. The molecule has 3 heterocycles. The number of aromatic nitrogens is 3. The second-order valence-corrected chi connectivity index (χ2v) is 5.96. The summed E-state index contributed by atoms with van der Waals surface area (Å²) in [6.07, 6.45) is 10.1. The lowest BCUT2D eigenvalue weighted by Gasteiger charge is -2.24. The Hall–Kier alpha value is -2.01. The van der Waals surface area contributed by atoms with Gasteiger partial charge in [-0.2, -0.15) is 0 Å². The Bertz CT molecular complexity index is 578. The van der Waals surface area contributed by atoms with E-state index in [1.54, 1.807) is 6.20 Å². The molecule has 5 nitrogen and oxygen atoms in total. The minimum absolute atomic E-state index is 0.312. The predicted octanol–water partition coefficient (Wildman–Crippen LogP) is 2.66. The molecule has 2 aromatic heterocycles. The van der Waals surface area contributed by atoms with Crippen LogP contribution in [0.25, 0.3) is 0 Å². The summed E-state index contributed by atoms with van der Waals surface area (Å²) in [5.74, 6) is 0.865. The monoisotopic (exact) mass is 297 g/mol. The van der Waals surface area contributed by atoms with Crippen LogP contribution in [0, 0.1) is 0 Å². The summed E-state index contributed by atoms with van der Waals surface area (Å²) < 4.78 is 0. The number of pyridine rings is 1. The number of nitrogens with zero attached hydrogens (tertiary/aromatic N) is 5. The molecule has 0 bridgehead atoms. The Morgan fingerprint density at radius 2 is 1.91 bits per heavy atom. The third-order valence-electron chi connectivity index (χ3n) is 4.34. The highest BCUT2D eigenvalue weighted by Gasteiger charge is 2.15. The van der Waals surface area contributed by atoms with Crippen LogP contribution in [0.4, 0.5) is 5.95 Å². The van der Waals surface area contributed by atoms with Crippen LogP contribution in [-0.4, -0.2) is 40.0 Å². The number of hydrogen-bond acceptors (Lipinski definition) is 5. The minimum Gasteiger partial charge on any atom is -0.341 e. The van der Waals surface area contributed by atoms with Gasteiger partial charge in [0.15, 0.2) is 0 Å². The van der Waals surface area contributed by atoms with Gasteiger partial charge in [0.25, 0.3) is 0 Å². The van der Waals surface area contributed by atoms with E-state index in [-0.39, 0.29) is 0 Å². The van der Waals surface area contributed by atoms with E-state index in [1.807, 2.05) is 24.7 Å². The average Bonchev–Trinajstić information content (AvgIpc) is 3.10. The Kier molecular flexibility index (Phi) is 4.63. The second kappa shape index (κ2) is 6.83. The van der Waals surface area contributed by atoms with Crippen molar-refractivity contribution in [3.05, 3.63) is 48.0 Å². The fourth-order valence-corrected chi connectivity index (χ4v) is 2.81. The fraction of sp³-hybridized carbons (Fsp3) is 0.471. The van der Waals surface area contributed by atoms with Gasteiger partial charge in [0.1, 0.15) is 0 Å². The zero-order valence-electron chi connectivity index (χ0n) is 13.3. The van der Waals surface area contributed by atoms with Crippen molar-refractivity contribution >= 4 is 5.95 Å². The Balaban J connectivity index is 1.62. The largest absolute Gasteiger partial charge is 0.341 e. The normalized spacial score (nSPS) is 16.2. The molecule has 0 N–H and O–H groups in total. The standard InChI is InChI=1S/C17H23N5/c1-14(16-6-5-7-18-12-16)21(2)13-15-10-19-17(20-11-15)22-8-3-4-9-22/h5-7,10-12,14H,3-4,8-9,13H2,1-2H3/t14-/m1/s1. The first kappa shape index (κ1) is 14.9. The second-order valence-electron chi connectivity index (χ2n) is 5.96. The zero-order valence-corrected chi connectivity index (χ0v) is 13.3. The smallest absolute Gasteiger partial charge is 0.225 e. The van der Waals surface area contributed by atoms with Gasteiger partial charge in [-0.05, 0) is 38.4 Å². The van der Waals surface area contributed by atoms with E-state index in [1.165, 1.54) is 18.4 Å². The van der Waals surface area contributed by atoms with E-state index in [0.717, 1.165) is 31.1 Å². The summed E-state index contributed by atoms with van der Waals surface area (Å²) >= 11 is 0. The molecule has 116 valence electrons. The van der Waals surface area contributed by atoms with Gasteiger partial charge < -0.3 is 4.90 Å². The molecule has 1 saturated heterocycles. The van der Waals surface area contributed by atoms with Gasteiger partial charge in [0.05, 0.1) is 0 Å². The molecule has 0 aliphatic carbocycles. The molecule has 0 saturated carbocycles. The molecule has 1 aliphatic heterocycles. The summed E-state index contributed by atoms with van der Waals surface area (Å²) in [6, 6.07) is 4.40. The Morgan fingerprint density at radius 1 is 1.18 bits per heavy atom. The number of rotatable bonds is 5. The molecule has 0 spiro atoms. The van der Waals surface area contributed by atoms with Crippen LogP contribution >= 0.6 is 0 Å². The van der Waals surface area contributed by atoms with Crippen LogP contribution in [0.3, 0.4) is 0 Å². The molecule has 0 radical (unpaired) electrons. The van der Waals surface area contributed by atoms with E-state index in [4.69, 9.17) is 0 Å². The van der Waals surface area contributed by atoms with Crippen molar-refractivity contribution in [3.8, 4) is 0 Å². The first-order valence-electron chi connectivity index (χ1n) is 7.90. The first-order chi connectivity index (χ1) is 10.7. The van der Waals surface area contributed by atoms with E-state index < -0.39 is 0 Å². The Morgan fingerprint density at radius 3 is 2.55 bits per heavy atom. The van der Waals surface area contributed by atoms with Gasteiger partial charge >= 0.3 is 0 Å². The van der Waals surface area contributed by atoms with Gasteiger partial charge in [-0.25, -0.2) is 9.97 Å². The van der Waals surface area contributed by atoms with Crippen LogP contribution in [0.1, 0.15) is 36.9 Å². The third kappa shape index (κ3) is 3.42. The summed E-state index contributed by atoms with van der Waals surface area (Å²) in [5.41, 5.74) is 2.36. The van der Waals surface area contributed by atoms with Crippen molar-refractivity contribution in [1.29, 1.82) is 0 Å². The third-order valence-corrected chi connectivity index (χ3v) is 4.34. The maximum absolute atomic E-state index is 4.52. The highest BCUT2D eigenvalue weighted by Crippen LogP contribution is 2.20. The van der Waals surface area contributed by atoms with Crippen molar-refractivity contribution in [2.24, 2.45) is 0 Å². The SMILES string of the molecule is C[C@H](c1cccnc1)N(C)Cc1cnc(N2CCCC2)nc1. The molecule has 0 amide bonds. The quantitative estimate of drug-likeness (QED) is 0.849. The van der Waals surface area contributed by atoms with Crippen LogP contribution in [0.15, 0.2) is 36.9 Å². The maximum atomic E-state index is 4.52. The molecule has 3 rings (SSSR count). The van der Waals surface area contributed by atoms with Crippen LogP contribution < -0.4 is 4.90 Å². The van der Waals surface area contributed by atoms with Crippen LogP contribution in [0.5, 0.6) is 0 Å². The van der Waals surface area contributed by atoms with E-state index in [0.29, 0.717) is 6.04 Å². The van der Waals surface area contributed by atoms with Crippen molar-refractivity contribution < 1.29 is 0 Å². The van der Waals surface area contributed by atoms with Gasteiger partial charge in [-0.15, -0.1) is 0 Å². The van der Waals surface area contributed by atoms with Crippen molar-refractivity contribution in [2.45, 2.75) is 32.4 Å². The van der Waals surface area contributed by atoms with Crippen molar-refractivity contribution in [1.82, 2.24) is 19.9 Å². The molecule has 22 heavy (non-hydrogen) atoms. The van der Waals surface area contributed by atoms with Gasteiger partial charge in [0, 0.05) is 56.0 Å². The van der Waals surface area contributed by atoms with Crippen molar-refractivity contribution in [2.75, 3.05) is 25.0 Å². The molecule has 2 aromatic rings. The lowest BCUT2D eigenvalue weighted by atomic mass is 10.1. The molecule has 1 fully saturated rings. The van der Waals surface area contributed by atoms with Gasteiger partial charge in [-0.1, -0.05) is 6.07 Å². The minimum atomic E-state index is 0.312. The van der Waals surface area contributed by atoms with E-state index >= 15 is 0 Å². The van der Waals surface area contributed by atoms with Gasteiger partial charge in [-0.3, -0.25) is 9.88 Å². The summed E-state index contributed by atoms with van der Waals surface area (Å²) in [5, 5.41) is 0.